The molecule has 4 nitrogen and oxygen atoms in total. The lowest BCUT2D eigenvalue weighted by atomic mass is 10.1. The van der Waals surface area contributed by atoms with Crippen LogP contribution in [-0.4, -0.2) is 42.1 Å². The molecule has 1 fully saturated rings. The molecule has 0 spiro atoms. The molecule has 1 aliphatic carbocycles. The fourth-order valence-corrected chi connectivity index (χ4v) is 3.18. The van der Waals surface area contributed by atoms with E-state index in [1.54, 1.807) is 0 Å². The highest BCUT2D eigenvalue weighted by Crippen LogP contribution is 2.17. The Kier molecular flexibility index (Phi) is 7.56. The predicted molar refractivity (Wildman–Crippen MR) is 93.1 cm³/mol. The third-order valence-corrected chi connectivity index (χ3v) is 4.61. The summed E-state index contributed by atoms with van der Waals surface area (Å²) in [5, 5.41) is 13.4. The predicted octanol–water partition coefficient (Wildman–Crippen LogP) is 2.88. The van der Waals surface area contributed by atoms with Crippen molar-refractivity contribution < 1.29 is 9.90 Å². The molecule has 0 radical (unpaired) electrons. The van der Waals surface area contributed by atoms with Gasteiger partial charge in [0.2, 0.25) is 5.91 Å². The van der Waals surface area contributed by atoms with Crippen LogP contribution < -0.4 is 5.32 Å². The summed E-state index contributed by atoms with van der Waals surface area (Å²) in [7, 11) is 1.95. The number of hydrogen-bond donors (Lipinski definition) is 2. The third-order valence-electron chi connectivity index (χ3n) is 4.61. The van der Waals surface area contributed by atoms with Crippen molar-refractivity contribution in [3.63, 3.8) is 0 Å². The largest absolute Gasteiger partial charge is 0.387 e. The van der Waals surface area contributed by atoms with E-state index in [0.717, 1.165) is 18.4 Å². The van der Waals surface area contributed by atoms with E-state index in [0.29, 0.717) is 25.6 Å². The summed E-state index contributed by atoms with van der Waals surface area (Å²) in [6.45, 7) is 1.21. The number of amides is 1. The van der Waals surface area contributed by atoms with E-state index in [1.165, 1.54) is 25.7 Å². The summed E-state index contributed by atoms with van der Waals surface area (Å²) in [5.41, 5.74) is 0.919. The van der Waals surface area contributed by atoms with Crippen molar-refractivity contribution in [1.82, 2.24) is 10.2 Å². The minimum absolute atomic E-state index is 0.137. The summed E-state index contributed by atoms with van der Waals surface area (Å²) in [5.74, 6) is 0.137. The van der Waals surface area contributed by atoms with E-state index >= 15 is 0 Å². The molecule has 0 saturated heterocycles. The average Bonchev–Trinajstić information content (AvgIpc) is 2.82. The average molecular weight is 318 g/mol. The van der Waals surface area contributed by atoms with Crippen molar-refractivity contribution in [3.05, 3.63) is 35.9 Å². The van der Waals surface area contributed by atoms with Gasteiger partial charge in [-0.3, -0.25) is 4.79 Å². The molecule has 0 aliphatic heterocycles. The molecular weight excluding hydrogens is 288 g/mol. The zero-order valence-electron chi connectivity index (χ0n) is 14.2. The number of hydrogen-bond acceptors (Lipinski definition) is 3. The van der Waals surface area contributed by atoms with Gasteiger partial charge in [0.15, 0.2) is 0 Å². The van der Waals surface area contributed by atoms with E-state index in [1.807, 2.05) is 42.3 Å². The number of benzene rings is 1. The molecule has 1 saturated carbocycles. The van der Waals surface area contributed by atoms with Crippen molar-refractivity contribution in [2.75, 3.05) is 20.1 Å². The Morgan fingerprint density at radius 2 is 1.87 bits per heavy atom. The fourth-order valence-electron chi connectivity index (χ4n) is 3.18. The molecule has 0 aromatic heterocycles. The van der Waals surface area contributed by atoms with Gasteiger partial charge in [-0.1, -0.05) is 56.0 Å². The number of nitrogens with zero attached hydrogens (tertiary/aromatic N) is 1. The number of rotatable bonds is 7. The zero-order valence-corrected chi connectivity index (χ0v) is 14.2. The molecule has 0 unspecified atom stereocenters. The summed E-state index contributed by atoms with van der Waals surface area (Å²) < 4.78 is 0. The van der Waals surface area contributed by atoms with Gasteiger partial charge in [-0.15, -0.1) is 0 Å². The highest BCUT2D eigenvalue weighted by atomic mass is 16.3. The molecule has 2 rings (SSSR count). The molecule has 0 bridgehead atoms. The molecule has 128 valence electrons. The maximum absolute atomic E-state index is 12.1. The summed E-state index contributed by atoms with van der Waals surface area (Å²) in [4.78, 5) is 14.1. The molecule has 1 aromatic rings. The lowest BCUT2D eigenvalue weighted by molar-refractivity contribution is -0.122. The van der Waals surface area contributed by atoms with Crippen LogP contribution in [0.15, 0.2) is 30.3 Å². The molecule has 1 aliphatic rings. The van der Waals surface area contributed by atoms with Gasteiger partial charge in [-0.05, 0) is 25.5 Å². The van der Waals surface area contributed by atoms with Crippen LogP contribution in [0.5, 0.6) is 0 Å². The van der Waals surface area contributed by atoms with Crippen LogP contribution >= 0.6 is 0 Å². The van der Waals surface area contributed by atoms with Crippen LogP contribution in [0.25, 0.3) is 0 Å². The second-order valence-electron chi connectivity index (χ2n) is 6.69. The Bertz CT molecular complexity index is 456. The number of carbonyl (C=O) groups excluding carboxylic acids is 1. The molecule has 4 heteroatoms. The second-order valence-corrected chi connectivity index (χ2v) is 6.69. The molecule has 23 heavy (non-hydrogen) atoms. The molecule has 1 amide bonds. The topological polar surface area (TPSA) is 52.6 Å². The summed E-state index contributed by atoms with van der Waals surface area (Å²) in [6, 6.07) is 10.0. The first-order valence-corrected chi connectivity index (χ1v) is 8.86. The van der Waals surface area contributed by atoms with Crippen LogP contribution in [0.4, 0.5) is 0 Å². The Morgan fingerprint density at radius 3 is 2.52 bits per heavy atom. The van der Waals surface area contributed by atoms with Gasteiger partial charge in [0.25, 0.3) is 0 Å². The molecule has 0 heterocycles. The van der Waals surface area contributed by atoms with Crippen LogP contribution in [0.1, 0.15) is 56.6 Å². The zero-order chi connectivity index (χ0) is 16.5. The van der Waals surface area contributed by atoms with Crippen molar-refractivity contribution in [3.8, 4) is 0 Å². The van der Waals surface area contributed by atoms with Gasteiger partial charge in [-0.25, -0.2) is 0 Å². The van der Waals surface area contributed by atoms with Gasteiger partial charge in [0.05, 0.1) is 6.10 Å². The Labute approximate surface area is 139 Å². The van der Waals surface area contributed by atoms with E-state index < -0.39 is 6.10 Å². The van der Waals surface area contributed by atoms with Crippen LogP contribution in [0.2, 0.25) is 0 Å². The maximum atomic E-state index is 12.1. The SMILES string of the molecule is CN(CCC(=O)NC1CCCCCC1)C[C@H](O)c1ccccc1. The Morgan fingerprint density at radius 1 is 1.22 bits per heavy atom. The molecule has 2 N–H and O–H groups in total. The van der Waals surface area contributed by atoms with Gasteiger partial charge >= 0.3 is 0 Å². The van der Waals surface area contributed by atoms with Crippen LogP contribution in [0, 0.1) is 0 Å². The lowest BCUT2D eigenvalue weighted by Gasteiger charge is -2.21. The van der Waals surface area contributed by atoms with E-state index in [4.69, 9.17) is 0 Å². The highest BCUT2D eigenvalue weighted by molar-refractivity contribution is 5.76. The van der Waals surface area contributed by atoms with Crippen LogP contribution in [0.3, 0.4) is 0 Å². The summed E-state index contributed by atoms with van der Waals surface area (Å²) in [6.07, 6.45) is 7.28. The number of aliphatic hydroxyl groups is 1. The minimum atomic E-state index is -0.508. The fraction of sp³-hybridized carbons (Fsp3) is 0.632. The van der Waals surface area contributed by atoms with Crippen molar-refractivity contribution in [2.45, 2.75) is 57.1 Å². The third kappa shape index (κ3) is 6.71. The standard InChI is InChI=1S/C19H30N2O2/c1-21(15-18(22)16-9-5-4-6-10-16)14-13-19(23)20-17-11-7-2-3-8-12-17/h4-6,9-10,17-18,22H,2-3,7-8,11-15H2,1H3,(H,20,23)/t18-/m0/s1. The number of nitrogens with one attached hydrogen (secondary N) is 1. The van der Waals surface area contributed by atoms with Gasteiger partial charge in [-0.2, -0.15) is 0 Å². The molecule has 1 aromatic carbocycles. The Balaban J connectivity index is 1.67. The smallest absolute Gasteiger partial charge is 0.221 e. The molecule has 1 atom stereocenters. The Hall–Kier alpha value is -1.39. The number of carbonyl (C=O) groups is 1. The highest BCUT2D eigenvalue weighted by Gasteiger charge is 2.16. The summed E-state index contributed by atoms with van der Waals surface area (Å²) >= 11 is 0. The van der Waals surface area contributed by atoms with Crippen LogP contribution in [-0.2, 0) is 4.79 Å². The second kappa shape index (κ2) is 9.68. The number of aliphatic hydroxyl groups excluding tert-OH is 1. The molecular formula is C19H30N2O2. The van der Waals surface area contributed by atoms with Crippen molar-refractivity contribution in [2.24, 2.45) is 0 Å². The van der Waals surface area contributed by atoms with Crippen molar-refractivity contribution >= 4 is 5.91 Å². The first-order valence-electron chi connectivity index (χ1n) is 8.86. The quantitative estimate of drug-likeness (QED) is 0.760. The monoisotopic (exact) mass is 318 g/mol. The minimum Gasteiger partial charge on any atom is -0.387 e. The number of likely N-dealkylation sites (N-methyl/N-ethyl adjacent to an activating group) is 1. The van der Waals surface area contributed by atoms with E-state index in [9.17, 15) is 9.90 Å². The van der Waals surface area contributed by atoms with Gasteiger partial charge in [0.1, 0.15) is 0 Å². The maximum Gasteiger partial charge on any atom is 0.221 e. The van der Waals surface area contributed by atoms with Gasteiger partial charge < -0.3 is 15.3 Å². The van der Waals surface area contributed by atoms with E-state index in [-0.39, 0.29) is 5.91 Å². The normalized spacial score (nSPS) is 17.7. The lowest BCUT2D eigenvalue weighted by Crippen LogP contribution is -2.36. The van der Waals surface area contributed by atoms with Crippen molar-refractivity contribution in [1.29, 1.82) is 0 Å². The van der Waals surface area contributed by atoms with E-state index in [2.05, 4.69) is 5.32 Å². The first kappa shape index (κ1) is 18.0. The first-order chi connectivity index (χ1) is 11.1. The van der Waals surface area contributed by atoms with Gasteiger partial charge in [0, 0.05) is 25.6 Å².